The molecule has 0 unspecified atom stereocenters. The molecule has 2 heteroatoms. The highest BCUT2D eigenvalue weighted by molar-refractivity contribution is 4.60. The Morgan fingerprint density at radius 2 is 2.11 bits per heavy atom. The predicted molar refractivity (Wildman–Crippen MR) is 35.7 cm³/mol. The Hall–Kier alpha value is -0.0800. The van der Waals surface area contributed by atoms with E-state index in [1.54, 1.807) is 0 Å². The highest BCUT2D eigenvalue weighted by atomic mass is 16.5. The minimum absolute atomic E-state index is 0.858. The van der Waals surface area contributed by atoms with Crippen LogP contribution in [-0.4, -0.2) is 19.8 Å². The van der Waals surface area contributed by atoms with Crippen LogP contribution in [-0.2, 0) is 4.74 Å². The van der Waals surface area contributed by atoms with Gasteiger partial charge in [0.2, 0.25) is 0 Å². The van der Waals surface area contributed by atoms with Crippen molar-refractivity contribution in [1.29, 1.82) is 0 Å². The summed E-state index contributed by atoms with van der Waals surface area (Å²) in [6, 6.07) is 0. The number of quaternary nitrogens is 1. The topological polar surface area (TPSA) is 25.8 Å². The summed E-state index contributed by atoms with van der Waals surface area (Å²) in [7, 11) is 3.71. The van der Waals surface area contributed by atoms with Gasteiger partial charge in [0.15, 0.2) is 0 Å². The molecule has 0 radical (unpaired) electrons. The monoisotopic (exact) mass is 129 g/mol. The maximum atomic E-state index is 5.21. The zero-order valence-corrected chi connectivity index (χ0v) is 5.81. The van der Waals surface area contributed by atoms with Gasteiger partial charge in [0.1, 0.15) is 0 Å². The minimum Gasteiger partial charge on any atom is -0.479 e. The van der Waals surface area contributed by atoms with E-state index in [-0.39, 0.29) is 0 Å². The molecule has 0 aromatic heterocycles. The number of rotatable bonds is 2. The van der Waals surface area contributed by atoms with E-state index in [2.05, 4.69) is 7.05 Å². The molecule has 9 heavy (non-hydrogen) atoms. The lowest BCUT2D eigenvalue weighted by atomic mass is 10.0. The van der Waals surface area contributed by atoms with Gasteiger partial charge in [-0.15, -0.1) is 0 Å². The summed E-state index contributed by atoms with van der Waals surface area (Å²) in [5.41, 5.74) is 0. The van der Waals surface area contributed by atoms with Crippen molar-refractivity contribution >= 4 is 0 Å². The van der Waals surface area contributed by atoms with E-state index in [1.165, 1.54) is 19.4 Å². The molecule has 0 spiro atoms. The normalized spacial score (nSPS) is 22.3. The lowest BCUT2D eigenvalue weighted by molar-refractivity contribution is -0.603. The Morgan fingerprint density at radius 3 is 2.67 bits per heavy atom. The van der Waals surface area contributed by atoms with Crippen molar-refractivity contribution in [2.45, 2.75) is 12.8 Å². The lowest BCUT2D eigenvalue weighted by Gasteiger charge is -2.20. The van der Waals surface area contributed by atoms with Crippen molar-refractivity contribution in [3.05, 3.63) is 7.05 Å². The van der Waals surface area contributed by atoms with Crippen molar-refractivity contribution in [2.24, 2.45) is 5.92 Å². The van der Waals surface area contributed by atoms with E-state index in [1.807, 2.05) is 5.32 Å². The molecule has 0 aromatic rings. The van der Waals surface area contributed by atoms with Crippen LogP contribution in [0.25, 0.3) is 0 Å². The first-order chi connectivity index (χ1) is 4.43. The molecule has 1 saturated heterocycles. The maximum Gasteiger partial charge on any atom is 0.0545 e. The van der Waals surface area contributed by atoms with Gasteiger partial charge in [-0.1, -0.05) is 0 Å². The van der Waals surface area contributed by atoms with Gasteiger partial charge in [-0.2, -0.15) is 7.05 Å². The van der Waals surface area contributed by atoms with Gasteiger partial charge in [0.05, 0.1) is 6.54 Å². The number of hydrogen-bond donors (Lipinski definition) is 1. The molecule has 1 aliphatic rings. The summed E-state index contributed by atoms with van der Waals surface area (Å²) in [4.78, 5) is 0. The van der Waals surface area contributed by atoms with Gasteiger partial charge in [-0.25, -0.2) is 0 Å². The molecule has 0 aliphatic carbocycles. The number of nitrogens with two attached hydrogens (primary N) is 1. The first-order valence-electron chi connectivity index (χ1n) is 3.62. The summed E-state index contributed by atoms with van der Waals surface area (Å²) in [5, 5.41) is 2.01. The summed E-state index contributed by atoms with van der Waals surface area (Å²) in [6.45, 7) is 3.08. The molecule has 0 bridgehead atoms. The van der Waals surface area contributed by atoms with Gasteiger partial charge < -0.3 is 10.1 Å². The van der Waals surface area contributed by atoms with Crippen LogP contribution in [0.3, 0.4) is 0 Å². The smallest absolute Gasteiger partial charge is 0.0545 e. The summed E-state index contributed by atoms with van der Waals surface area (Å²) in [6.07, 6.45) is 2.46. The van der Waals surface area contributed by atoms with Crippen LogP contribution in [0.15, 0.2) is 0 Å². The molecule has 1 aliphatic heterocycles. The SMILES string of the molecule is [CH2-][NH2+]CC1CCOCC1. The molecule has 0 saturated carbocycles. The first kappa shape index (κ1) is 7.03. The molecule has 1 heterocycles. The number of hydrogen-bond acceptors (Lipinski definition) is 1. The Morgan fingerprint density at radius 1 is 1.44 bits per heavy atom. The fraction of sp³-hybridized carbons (Fsp3) is 0.857. The van der Waals surface area contributed by atoms with Gasteiger partial charge in [-0.3, -0.25) is 0 Å². The molecule has 1 rings (SSSR count). The van der Waals surface area contributed by atoms with Crippen LogP contribution >= 0.6 is 0 Å². The summed E-state index contributed by atoms with van der Waals surface area (Å²) < 4.78 is 5.21. The largest absolute Gasteiger partial charge is 0.479 e. The second-order valence-corrected chi connectivity index (χ2v) is 2.58. The van der Waals surface area contributed by atoms with Gasteiger partial charge in [-0.05, 0) is 12.8 Å². The predicted octanol–water partition coefficient (Wildman–Crippen LogP) is -0.232. The Labute approximate surface area is 56.6 Å². The van der Waals surface area contributed by atoms with E-state index in [9.17, 15) is 0 Å². The molecular formula is C7H15NO. The Bertz CT molecular complexity index is 66.6. The fourth-order valence-electron chi connectivity index (χ4n) is 1.22. The average molecular weight is 129 g/mol. The van der Waals surface area contributed by atoms with E-state index >= 15 is 0 Å². The van der Waals surface area contributed by atoms with E-state index in [0.29, 0.717) is 0 Å². The fourth-order valence-corrected chi connectivity index (χ4v) is 1.22. The van der Waals surface area contributed by atoms with E-state index in [4.69, 9.17) is 4.74 Å². The molecule has 0 amide bonds. The van der Waals surface area contributed by atoms with E-state index in [0.717, 1.165) is 19.1 Å². The van der Waals surface area contributed by atoms with Crippen molar-refractivity contribution in [1.82, 2.24) is 0 Å². The summed E-state index contributed by atoms with van der Waals surface area (Å²) >= 11 is 0. The highest BCUT2D eigenvalue weighted by Gasteiger charge is 2.12. The molecule has 54 valence electrons. The molecular weight excluding hydrogens is 114 g/mol. The molecule has 2 N–H and O–H groups in total. The van der Waals surface area contributed by atoms with Crippen LogP contribution in [0.4, 0.5) is 0 Å². The van der Waals surface area contributed by atoms with E-state index < -0.39 is 0 Å². The van der Waals surface area contributed by atoms with Crippen LogP contribution in [0.5, 0.6) is 0 Å². The second kappa shape index (κ2) is 3.85. The third kappa shape index (κ3) is 2.33. The van der Waals surface area contributed by atoms with Crippen molar-refractivity contribution in [3.63, 3.8) is 0 Å². The zero-order chi connectivity index (χ0) is 6.53. The van der Waals surface area contributed by atoms with Crippen molar-refractivity contribution in [3.8, 4) is 0 Å². The zero-order valence-electron chi connectivity index (χ0n) is 5.81. The number of ether oxygens (including phenoxy) is 1. The van der Waals surface area contributed by atoms with Crippen LogP contribution in [0.2, 0.25) is 0 Å². The molecule has 1 fully saturated rings. The maximum absolute atomic E-state index is 5.21. The average Bonchev–Trinajstić information content (AvgIpc) is 1.91. The highest BCUT2D eigenvalue weighted by Crippen LogP contribution is 2.11. The van der Waals surface area contributed by atoms with Gasteiger partial charge in [0.25, 0.3) is 0 Å². The molecule has 0 atom stereocenters. The molecule has 2 nitrogen and oxygen atoms in total. The quantitative estimate of drug-likeness (QED) is 0.512. The van der Waals surface area contributed by atoms with Crippen molar-refractivity contribution < 1.29 is 10.1 Å². The lowest BCUT2D eigenvalue weighted by Crippen LogP contribution is -2.78. The Kier molecular flexibility index (Phi) is 3.01. The third-order valence-electron chi connectivity index (χ3n) is 1.84. The van der Waals surface area contributed by atoms with Crippen molar-refractivity contribution in [2.75, 3.05) is 19.8 Å². The van der Waals surface area contributed by atoms with Gasteiger partial charge >= 0.3 is 0 Å². The molecule has 0 aromatic carbocycles. The van der Waals surface area contributed by atoms with Crippen LogP contribution in [0.1, 0.15) is 12.8 Å². The standard InChI is InChI=1S/C7H15NO/c1-8-6-7-2-4-9-5-3-7/h7H,1-6,8H2. The van der Waals surface area contributed by atoms with Crippen LogP contribution in [0, 0.1) is 13.0 Å². The van der Waals surface area contributed by atoms with Crippen LogP contribution < -0.4 is 5.32 Å². The Balaban J connectivity index is 2.08. The summed E-state index contributed by atoms with van der Waals surface area (Å²) in [5.74, 6) is 0.858. The van der Waals surface area contributed by atoms with Gasteiger partial charge in [0, 0.05) is 19.1 Å². The minimum atomic E-state index is 0.858. The first-order valence-corrected chi connectivity index (χ1v) is 3.62. The second-order valence-electron chi connectivity index (χ2n) is 2.58. The third-order valence-corrected chi connectivity index (χ3v) is 1.84.